The molecule has 2 aromatic carbocycles. The van der Waals surface area contributed by atoms with Crippen LogP contribution >= 0.6 is 11.6 Å². The Bertz CT molecular complexity index is 758. The highest BCUT2D eigenvalue weighted by Crippen LogP contribution is 2.37. The van der Waals surface area contributed by atoms with Gasteiger partial charge in [0.05, 0.1) is 23.3 Å². The number of ether oxygens (including phenoxy) is 2. The maximum Gasteiger partial charge on any atom is 0.496 e. The molecule has 0 aromatic heterocycles. The summed E-state index contributed by atoms with van der Waals surface area (Å²) in [5.74, 6) is 1.42. The van der Waals surface area contributed by atoms with Crippen LogP contribution < -0.4 is 14.9 Å². The van der Waals surface area contributed by atoms with E-state index in [1.165, 1.54) is 0 Å². The lowest BCUT2D eigenvalue weighted by Crippen LogP contribution is -2.41. The van der Waals surface area contributed by atoms with Gasteiger partial charge in [-0.15, -0.1) is 0 Å². The lowest BCUT2D eigenvalue weighted by atomic mass is 9.79. The van der Waals surface area contributed by atoms with Gasteiger partial charge in [-0.2, -0.15) is 0 Å². The number of rotatable bonds is 5. The van der Waals surface area contributed by atoms with E-state index >= 15 is 0 Å². The molecule has 0 radical (unpaired) electrons. The summed E-state index contributed by atoms with van der Waals surface area (Å²) >= 11 is 6.58. The van der Waals surface area contributed by atoms with Gasteiger partial charge in [0.25, 0.3) is 0 Å². The average Bonchev–Trinajstić information content (AvgIpc) is 2.82. The van der Waals surface area contributed by atoms with Gasteiger partial charge in [0.2, 0.25) is 0 Å². The van der Waals surface area contributed by atoms with Crippen LogP contribution in [0.25, 0.3) is 0 Å². The third-order valence-corrected chi connectivity index (χ3v) is 5.46. The number of hydrogen-bond donors (Lipinski definition) is 0. The molecule has 4 nitrogen and oxygen atoms in total. The standard InChI is InChI=1S/C20H24BClO4/c1-19(2)20(3,4)26-21(25-19)16-7-6-8-17(18(16)22)24-13-14-9-11-15(23-5)12-10-14/h6-12H,13H2,1-5H3. The van der Waals surface area contributed by atoms with Crippen molar-refractivity contribution in [3.63, 3.8) is 0 Å². The maximum atomic E-state index is 6.58. The van der Waals surface area contributed by atoms with Crippen molar-refractivity contribution in [2.45, 2.75) is 45.5 Å². The Balaban J connectivity index is 1.75. The quantitative estimate of drug-likeness (QED) is 0.734. The minimum atomic E-state index is -0.517. The summed E-state index contributed by atoms with van der Waals surface area (Å²) < 4.78 is 23.3. The highest BCUT2D eigenvalue weighted by Gasteiger charge is 2.52. The van der Waals surface area contributed by atoms with Crippen LogP contribution in [0.1, 0.15) is 33.3 Å². The van der Waals surface area contributed by atoms with Gasteiger partial charge in [0.1, 0.15) is 18.1 Å². The van der Waals surface area contributed by atoms with Crippen molar-refractivity contribution in [1.82, 2.24) is 0 Å². The summed E-state index contributed by atoms with van der Waals surface area (Å²) in [6.45, 7) is 8.49. The first kappa shape index (κ1) is 19.1. The minimum absolute atomic E-state index is 0.413. The number of halogens is 1. The van der Waals surface area contributed by atoms with E-state index in [2.05, 4.69) is 0 Å². The van der Waals surface area contributed by atoms with E-state index in [9.17, 15) is 0 Å². The zero-order valence-electron chi connectivity index (χ0n) is 15.8. The number of hydrogen-bond acceptors (Lipinski definition) is 4. The molecule has 0 amide bonds. The van der Waals surface area contributed by atoms with Crippen molar-refractivity contribution >= 4 is 24.2 Å². The Morgan fingerprint density at radius 2 is 1.58 bits per heavy atom. The molecule has 0 atom stereocenters. The summed E-state index contributed by atoms with van der Waals surface area (Å²) in [5, 5.41) is 0.513. The first-order valence-corrected chi connectivity index (χ1v) is 9.01. The van der Waals surface area contributed by atoms with Crippen LogP contribution in [0.4, 0.5) is 0 Å². The molecule has 0 aliphatic carbocycles. The molecule has 138 valence electrons. The van der Waals surface area contributed by atoms with Crippen molar-refractivity contribution in [1.29, 1.82) is 0 Å². The van der Waals surface area contributed by atoms with Crippen LogP contribution in [0.5, 0.6) is 11.5 Å². The fraction of sp³-hybridized carbons (Fsp3) is 0.400. The molecule has 1 aliphatic heterocycles. The van der Waals surface area contributed by atoms with E-state index in [4.69, 9.17) is 30.4 Å². The third-order valence-electron chi connectivity index (χ3n) is 5.05. The summed E-state index contributed by atoms with van der Waals surface area (Å²) in [7, 11) is 1.13. The minimum Gasteiger partial charge on any atom is -0.497 e. The predicted molar refractivity (Wildman–Crippen MR) is 104 cm³/mol. The van der Waals surface area contributed by atoms with Gasteiger partial charge in [-0.1, -0.05) is 35.9 Å². The molecule has 1 heterocycles. The molecule has 0 unspecified atom stereocenters. The summed E-state index contributed by atoms with van der Waals surface area (Å²) in [6, 6.07) is 13.4. The molecular weight excluding hydrogens is 350 g/mol. The first-order valence-electron chi connectivity index (χ1n) is 8.63. The summed E-state index contributed by atoms with van der Waals surface area (Å²) in [5.41, 5.74) is 0.975. The highest BCUT2D eigenvalue weighted by atomic mass is 35.5. The molecule has 3 rings (SSSR count). The molecule has 1 saturated heterocycles. The zero-order chi connectivity index (χ0) is 18.9. The third kappa shape index (κ3) is 3.70. The summed E-state index contributed by atoms with van der Waals surface area (Å²) in [6.07, 6.45) is 0. The maximum absolute atomic E-state index is 6.58. The van der Waals surface area contributed by atoms with Gasteiger partial charge in [0, 0.05) is 5.46 Å². The van der Waals surface area contributed by atoms with E-state index in [0.29, 0.717) is 17.4 Å². The number of methoxy groups -OCH3 is 1. The Kier molecular flexibility index (Phi) is 5.24. The van der Waals surface area contributed by atoms with Crippen LogP contribution in [0.15, 0.2) is 42.5 Å². The molecule has 6 heteroatoms. The fourth-order valence-corrected chi connectivity index (χ4v) is 2.94. The van der Waals surface area contributed by atoms with Gasteiger partial charge in [-0.05, 0) is 51.5 Å². The second kappa shape index (κ2) is 7.14. The molecule has 1 aliphatic rings. The van der Waals surface area contributed by atoms with Crippen LogP contribution in [-0.2, 0) is 15.9 Å². The van der Waals surface area contributed by atoms with Gasteiger partial charge < -0.3 is 18.8 Å². The summed E-state index contributed by atoms with van der Waals surface area (Å²) in [4.78, 5) is 0. The Morgan fingerprint density at radius 3 is 2.15 bits per heavy atom. The monoisotopic (exact) mass is 374 g/mol. The van der Waals surface area contributed by atoms with Crippen molar-refractivity contribution in [3.05, 3.63) is 53.1 Å². The second-order valence-electron chi connectivity index (χ2n) is 7.38. The van der Waals surface area contributed by atoms with Gasteiger partial charge in [-0.25, -0.2) is 0 Å². The topological polar surface area (TPSA) is 36.9 Å². The van der Waals surface area contributed by atoms with Crippen LogP contribution in [0.2, 0.25) is 5.02 Å². The van der Waals surface area contributed by atoms with E-state index in [-0.39, 0.29) is 0 Å². The lowest BCUT2D eigenvalue weighted by Gasteiger charge is -2.32. The van der Waals surface area contributed by atoms with Gasteiger partial charge in [-0.3, -0.25) is 0 Å². The second-order valence-corrected chi connectivity index (χ2v) is 7.76. The zero-order valence-corrected chi connectivity index (χ0v) is 16.6. The normalized spacial score (nSPS) is 18.0. The van der Waals surface area contributed by atoms with E-state index < -0.39 is 18.3 Å². The van der Waals surface area contributed by atoms with Crippen molar-refractivity contribution in [2.75, 3.05) is 7.11 Å². The predicted octanol–water partition coefficient (Wildman–Crippen LogP) is 4.23. The van der Waals surface area contributed by atoms with Crippen LogP contribution in [0, 0.1) is 0 Å². The van der Waals surface area contributed by atoms with Crippen molar-refractivity contribution < 1.29 is 18.8 Å². The molecule has 2 aromatic rings. The van der Waals surface area contributed by atoms with E-state index in [0.717, 1.165) is 16.8 Å². The average molecular weight is 375 g/mol. The molecule has 0 saturated carbocycles. The van der Waals surface area contributed by atoms with E-state index in [1.807, 2.05) is 70.2 Å². The van der Waals surface area contributed by atoms with Gasteiger partial charge in [0.15, 0.2) is 0 Å². The molecule has 0 N–H and O–H groups in total. The fourth-order valence-electron chi connectivity index (χ4n) is 2.67. The largest absolute Gasteiger partial charge is 0.497 e. The smallest absolute Gasteiger partial charge is 0.496 e. The SMILES string of the molecule is COc1ccc(COc2cccc(B3OC(C)(C)C(C)(C)O3)c2Cl)cc1. The molecule has 0 spiro atoms. The van der Waals surface area contributed by atoms with Crippen molar-refractivity contribution in [3.8, 4) is 11.5 Å². The van der Waals surface area contributed by atoms with Crippen LogP contribution in [0.3, 0.4) is 0 Å². The van der Waals surface area contributed by atoms with E-state index in [1.54, 1.807) is 7.11 Å². The van der Waals surface area contributed by atoms with Crippen LogP contribution in [-0.4, -0.2) is 25.4 Å². The highest BCUT2D eigenvalue weighted by molar-refractivity contribution is 6.66. The molecular formula is C20H24BClO4. The number of benzene rings is 2. The molecule has 26 heavy (non-hydrogen) atoms. The van der Waals surface area contributed by atoms with Gasteiger partial charge >= 0.3 is 7.12 Å². The Morgan fingerprint density at radius 1 is 0.962 bits per heavy atom. The first-order chi connectivity index (χ1) is 12.2. The molecule has 0 bridgehead atoms. The lowest BCUT2D eigenvalue weighted by molar-refractivity contribution is 0.00578. The van der Waals surface area contributed by atoms with Crippen molar-refractivity contribution in [2.24, 2.45) is 0 Å². The Labute approximate surface area is 160 Å². The Hall–Kier alpha value is -1.69. The molecule has 1 fully saturated rings.